The van der Waals surface area contributed by atoms with Gasteiger partial charge in [-0.3, -0.25) is 10.1 Å². The number of anilines is 4. The van der Waals surface area contributed by atoms with E-state index in [0.717, 1.165) is 0 Å². The number of aliphatic hydroxyl groups is 1. The van der Waals surface area contributed by atoms with E-state index in [1.165, 1.54) is 12.1 Å². The van der Waals surface area contributed by atoms with Crippen LogP contribution in [0.3, 0.4) is 0 Å². The molecule has 0 amide bonds. The first-order valence-corrected chi connectivity index (χ1v) is 8.10. The highest BCUT2D eigenvalue weighted by atomic mass is 16.6. The topological polar surface area (TPSA) is 139 Å². The van der Waals surface area contributed by atoms with Gasteiger partial charge in [-0.2, -0.15) is 15.0 Å². The first kappa shape index (κ1) is 17.8. The molecule has 1 aromatic carbocycles. The highest BCUT2D eigenvalue weighted by molar-refractivity contribution is 5.57. The van der Waals surface area contributed by atoms with Gasteiger partial charge in [-0.15, -0.1) is 0 Å². The predicted molar refractivity (Wildman–Crippen MR) is 94.8 cm³/mol. The molecular weight excluding hydrogens is 342 g/mol. The highest BCUT2D eigenvalue weighted by Crippen LogP contribution is 2.20. The number of nitro benzene ring substituents is 1. The summed E-state index contributed by atoms with van der Waals surface area (Å²) in [6.45, 7) is 2.78. The molecule has 1 saturated heterocycles. The zero-order valence-corrected chi connectivity index (χ0v) is 14.0. The highest BCUT2D eigenvalue weighted by Gasteiger charge is 2.17. The maximum Gasteiger partial charge on any atom is 0.269 e. The smallest absolute Gasteiger partial charge is 0.269 e. The molecule has 11 heteroatoms. The lowest BCUT2D eigenvalue weighted by Gasteiger charge is -2.27. The van der Waals surface area contributed by atoms with Crippen molar-refractivity contribution in [3.63, 3.8) is 0 Å². The lowest BCUT2D eigenvalue weighted by molar-refractivity contribution is -0.384. The predicted octanol–water partition coefficient (Wildman–Crippen LogP) is 0.764. The minimum atomic E-state index is -0.458. The van der Waals surface area contributed by atoms with Gasteiger partial charge in [0.2, 0.25) is 17.8 Å². The molecule has 0 aliphatic carbocycles. The van der Waals surface area contributed by atoms with Gasteiger partial charge in [0, 0.05) is 37.5 Å². The molecule has 3 N–H and O–H groups in total. The van der Waals surface area contributed by atoms with Crippen molar-refractivity contribution in [1.82, 2.24) is 15.0 Å². The Labute approximate surface area is 149 Å². The van der Waals surface area contributed by atoms with E-state index in [-0.39, 0.29) is 12.3 Å². The molecule has 0 saturated carbocycles. The molecule has 0 bridgehead atoms. The summed E-state index contributed by atoms with van der Waals surface area (Å²) < 4.78 is 5.34. The number of aliphatic hydroxyl groups excluding tert-OH is 1. The summed E-state index contributed by atoms with van der Waals surface area (Å²) in [7, 11) is 0. The Morgan fingerprint density at radius 1 is 1.15 bits per heavy atom. The molecule has 26 heavy (non-hydrogen) atoms. The third-order valence-electron chi connectivity index (χ3n) is 3.65. The first-order chi connectivity index (χ1) is 12.7. The van der Waals surface area contributed by atoms with Crippen LogP contribution in [0.2, 0.25) is 0 Å². The fourth-order valence-corrected chi connectivity index (χ4v) is 2.37. The van der Waals surface area contributed by atoms with Gasteiger partial charge in [-0.05, 0) is 12.1 Å². The Hall–Kier alpha value is -3.05. The second kappa shape index (κ2) is 8.36. The fraction of sp³-hybridized carbons (Fsp3) is 0.400. The molecule has 0 spiro atoms. The third kappa shape index (κ3) is 4.52. The summed E-state index contributed by atoms with van der Waals surface area (Å²) in [6, 6.07) is 5.96. The number of aromatic nitrogens is 3. The molecule has 3 rings (SSSR count). The molecule has 0 unspecified atom stereocenters. The van der Waals surface area contributed by atoms with Gasteiger partial charge in [0.1, 0.15) is 0 Å². The number of morpholine rings is 1. The van der Waals surface area contributed by atoms with Crippen LogP contribution in [0.15, 0.2) is 24.3 Å². The van der Waals surface area contributed by atoms with Crippen molar-refractivity contribution >= 4 is 29.2 Å². The first-order valence-electron chi connectivity index (χ1n) is 8.10. The number of nitrogens with zero attached hydrogens (tertiary/aromatic N) is 5. The molecular formula is C15H19N7O4. The van der Waals surface area contributed by atoms with Crippen LogP contribution in [-0.2, 0) is 4.74 Å². The SMILES string of the molecule is O=[N+]([O-])c1ccc(Nc2nc(NCCO)nc(N3CCOCC3)n2)cc1. The number of ether oxygens (including phenoxy) is 1. The Morgan fingerprint density at radius 3 is 2.50 bits per heavy atom. The van der Waals surface area contributed by atoms with E-state index in [0.29, 0.717) is 56.4 Å². The van der Waals surface area contributed by atoms with Crippen molar-refractivity contribution < 1.29 is 14.8 Å². The van der Waals surface area contributed by atoms with Gasteiger partial charge in [0.05, 0.1) is 24.7 Å². The summed E-state index contributed by atoms with van der Waals surface area (Å²) >= 11 is 0. The van der Waals surface area contributed by atoms with E-state index in [2.05, 4.69) is 25.6 Å². The lowest BCUT2D eigenvalue weighted by atomic mass is 10.3. The summed E-state index contributed by atoms with van der Waals surface area (Å²) in [6.07, 6.45) is 0. The standard InChI is InChI=1S/C15H19N7O4/c23-8-5-16-13-18-14(17-11-1-3-12(4-2-11)22(24)25)20-15(19-13)21-6-9-26-10-7-21/h1-4,23H,5-10H2,(H2,16,17,18,19,20). The second-order valence-corrected chi connectivity index (χ2v) is 5.46. The molecule has 138 valence electrons. The molecule has 1 fully saturated rings. The lowest BCUT2D eigenvalue weighted by Crippen LogP contribution is -2.37. The Morgan fingerprint density at radius 2 is 1.85 bits per heavy atom. The van der Waals surface area contributed by atoms with E-state index in [9.17, 15) is 10.1 Å². The molecule has 1 aromatic heterocycles. The minimum absolute atomic E-state index is 0.00510. The second-order valence-electron chi connectivity index (χ2n) is 5.46. The number of hydrogen-bond donors (Lipinski definition) is 3. The molecule has 0 radical (unpaired) electrons. The molecule has 1 aliphatic heterocycles. The van der Waals surface area contributed by atoms with Crippen LogP contribution in [0.1, 0.15) is 0 Å². The minimum Gasteiger partial charge on any atom is -0.395 e. The van der Waals surface area contributed by atoms with Crippen molar-refractivity contribution in [2.75, 3.05) is 55.0 Å². The molecule has 2 heterocycles. The van der Waals surface area contributed by atoms with Crippen molar-refractivity contribution in [1.29, 1.82) is 0 Å². The van der Waals surface area contributed by atoms with Crippen molar-refractivity contribution in [2.24, 2.45) is 0 Å². The van der Waals surface area contributed by atoms with E-state index in [1.54, 1.807) is 12.1 Å². The van der Waals surface area contributed by atoms with E-state index < -0.39 is 4.92 Å². The average Bonchev–Trinajstić information content (AvgIpc) is 2.67. The van der Waals surface area contributed by atoms with Crippen LogP contribution >= 0.6 is 0 Å². The molecule has 2 aromatic rings. The van der Waals surface area contributed by atoms with Gasteiger partial charge in [-0.1, -0.05) is 0 Å². The summed E-state index contributed by atoms with van der Waals surface area (Å²) in [5, 5.41) is 25.7. The van der Waals surface area contributed by atoms with Crippen molar-refractivity contribution in [3.05, 3.63) is 34.4 Å². The van der Waals surface area contributed by atoms with Crippen molar-refractivity contribution in [3.8, 4) is 0 Å². The van der Waals surface area contributed by atoms with Crippen LogP contribution in [0, 0.1) is 10.1 Å². The van der Waals surface area contributed by atoms with Crippen molar-refractivity contribution in [2.45, 2.75) is 0 Å². The number of nitrogens with one attached hydrogen (secondary N) is 2. The van der Waals surface area contributed by atoms with E-state index >= 15 is 0 Å². The van der Waals surface area contributed by atoms with E-state index in [4.69, 9.17) is 9.84 Å². The number of nitro groups is 1. The molecule has 0 atom stereocenters. The maximum absolute atomic E-state index is 10.7. The normalized spacial score (nSPS) is 14.1. The summed E-state index contributed by atoms with van der Waals surface area (Å²) in [5.41, 5.74) is 0.619. The Kier molecular flexibility index (Phi) is 5.71. The number of rotatable bonds is 7. The number of non-ortho nitro benzene ring substituents is 1. The quantitative estimate of drug-likeness (QED) is 0.478. The molecule has 11 nitrogen and oxygen atoms in total. The van der Waals surface area contributed by atoms with Gasteiger partial charge in [0.15, 0.2) is 0 Å². The van der Waals surface area contributed by atoms with Crippen LogP contribution in [-0.4, -0.2) is 64.4 Å². The van der Waals surface area contributed by atoms with Crippen LogP contribution < -0.4 is 15.5 Å². The van der Waals surface area contributed by atoms with Gasteiger partial charge in [0.25, 0.3) is 5.69 Å². The number of hydrogen-bond acceptors (Lipinski definition) is 10. The van der Waals surface area contributed by atoms with Crippen LogP contribution in [0.4, 0.5) is 29.2 Å². The fourth-order valence-electron chi connectivity index (χ4n) is 2.37. The zero-order valence-electron chi connectivity index (χ0n) is 14.0. The van der Waals surface area contributed by atoms with E-state index in [1.807, 2.05) is 4.90 Å². The zero-order chi connectivity index (χ0) is 18.4. The Bertz CT molecular complexity index is 750. The van der Waals surface area contributed by atoms with Gasteiger partial charge in [-0.25, -0.2) is 0 Å². The number of benzene rings is 1. The average molecular weight is 361 g/mol. The largest absolute Gasteiger partial charge is 0.395 e. The third-order valence-corrected chi connectivity index (χ3v) is 3.65. The molecule has 1 aliphatic rings. The maximum atomic E-state index is 10.7. The Balaban J connectivity index is 1.82. The summed E-state index contributed by atoms with van der Waals surface area (Å²) in [5.74, 6) is 1.13. The van der Waals surface area contributed by atoms with Crippen LogP contribution in [0.25, 0.3) is 0 Å². The monoisotopic (exact) mass is 361 g/mol. The van der Waals surface area contributed by atoms with Crippen LogP contribution in [0.5, 0.6) is 0 Å². The van der Waals surface area contributed by atoms with Gasteiger partial charge >= 0.3 is 0 Å². The van der Waals surface area contributed by atoms with Gasteiger partial charge < -0.3 is 25.4 Å². The summed E-state index contributed by atoms with van der Waals surface area (Å²) in [4.78, 5) is 25.3.